The Kier molecular flexibility index (Phi) is 7.37. The van der Waals surface area contributed by atoms with Crippen LogP contribution in [0.2, 0.25) is 0 Å². The van der Waals surface area contributed by atoms with Crippen molar-refractivity contribution in [1.82, 2.24) is 0 Å². The van der Waals surface area contributed by atoms with Gasteiger partial charge in [0.05, 0.1) is 42.0 Å². The molecule has 0 unspecified atom stereocenters. The predicted octanol–water partition coefficient (Wildman–Crippen LogP) is 3.32. The van der Waals surface area contributed by atoms with Crippen molar-refractivity contribution in [3.05, 3.63) is 41.0 Å². The molecule has 0 aromatic heterocycles. The minimum Gasteiger partial charge on any atom is -0.492 e. The van der Waals surface area contributed by atoms with Crippen molar-refractivity contribution in [1.29, 1.82) is 0 Å². The largest absolute Gasteiger partial charge is 0.492 e. The highest BCUT2D eigenvalue weighted by molar-refractivity contribution is 5.72. The molecule has 0 spiro atoms. The lowest BCUT2D eigenvalue weighted by Crippen LogP contribution is -2.07. The molecule has 0 N–H and O–H groups in total. The number of ether oxygens (including phenoxy) is 6. The quantitative estimate of drug-likeness (QED) is 0.608. The third-order valence-electron chi connectivity index (χ3n) is 4.39. The standard InChI is InChI=1S/C21H26O7/c1-13-16(19(25-4)21(27-6)20(26-5)18(13)24-3)12-28-15-9-7-14(8-10-15)11-17(22)23-2/h7-10H,11-12H2,1-6H3. The SMILES string of the molecule is COC(=O)Cc1ccc(OCc2c(C)c(OC)c(OC)c(OC)c2OC)cc1. The van der Waals surface area contributed by atoms with Crippen molar-refractivity contribution in [3.8, 4) is 28.7 Å². The van der Waals surface area contributed by atoms with Crippen LogP contribution in [0.1, 0.15) is 16.7 Å². The Labute approximate surface area is 165 Å². The van der Waals surface area contributed by atoms with Gasteiger partial charge in [-0.1, -0.05) is 12.1 Å². The first-order valence-corrected chi connectivity index (χ1v) is 8.64. The van der Waals surface area contributed by atoms with Gasteiger partial charge in [0, 0.05) is 11.1 Å². The van der Waals surface area contributed by atoms with Crippen molar-refractivity contribution in [3.63, 3.8) is 0 Å². The highest BCUT2D eigenvalue weighted by atomic mass is 16.5. The molecule has 28 heavy (non-hydrogen) atoms. The number of benzene rings is 2. The number of rotatable bonds is 9. The summed E-state index contributed by atoms with van der Waals surface area (Å²) in [5.74, 6) is 2.37. The summed E-state index contributed by atoms with van der Waals surface area (Å²) >= 11 is 0. The maximum atomic E-state index is 11.4. The van der Waals surface area contributed by atoms with Gasteiger partial charge in [-0.05, 0) is 24.6 Å². The second kappa shape index (κ2) is 9.73. The van der Waals surface area contributed by atoms with E-state index < -0.39 is 0 Å². The van der Waals surface area contributed by atoms with Gasteiger partial charge in [0.2, 0.25) is 11.5 Å². The fraction of sp³-hybridized carbons (Fsp3) is 0.381. The van der Waals surface area contributed by atoms with Crippen molar-refractivity contribution in [2.24, 2.45) is 0 Å². The molecule has 0 heterocycles. The van der Waals surface area contributed by atoms with Crippen LogP contribution in [0.15, 0.2) is 24.3 Å². The molecule has 0 amide bonds. The van der Waals surface area contributed by atoms with Gasteiger partial charge in [0.25, 0.3) is 0 Å². The topological polar surface area (TPSA) is 72.5 Å². The average Bonchev–Trinajstić information content (AvgIpc) is 2.72. The van der Waals surface area contributed by atoms with E-state index in [1.54, 1.807) is 40.6 Å². The van der Waals surface area contributed by atoms with E-state index in [4.69, 9.17) is 23.7 Å². The molecule has 0 bridgehead atoms. The van der Waals surface area contributed by atoms with Crippen molar-refractivity contribution < 1.29 is 33.2 Å². The highest BCUT2D eigenvalue weighted by Gasteiger charge is 2.25. The molecule has 0 atom stereocenters. The Morgan fingerprint density at radius 1 is 0.786 bits per heavy atom. The van der Waals surface area contributed by atoms with Crippen LogP contribution in [0.3, 0.4) is 0 Å². The van der Waals surface area contributed by atoms with Crippen LogP contribution in [0.4, 0.5) is 0 Å². The Hall–Kier alpha value is -3.09. The van der Waals surface area contributed by atoms with E-state index in [1.165, 1.54) is 7.11 Å². The minimum atomic E-state index is -0.286. The number of methoxy groups -OCH3 is 5. The van der Waals surface area contributed by atoms with E-state index in [-0.39, 0.29) is 19.0 Å². The molecule has 7 heteroatoms. The van der Waals surface area contributed by atoms with Crippen LogP contribution in [0, 0.1) is 6.92 Å². The fourth-order valence-electron chi connectivity index (χ4n) is 2.93. The highest BCUT2D eigenvalue weighted by Crippen LogP contribution is 2.49. The van der Waals surface area contributed by atoms with E-state index in [0.29, 0.717) is 28.7 Å². The van der Waals surface area contributed by atoms with Gasteiger partial charge >= 0.3 is 5.97 Å². The number of carbonyl (C=O) groups excluding carboxylic acids is 1. The smallest absolute Gasteiger partial charge is 0.309 e. The molecule has 2 aromatic carbocycles. The van der Waals surface area contributed by atoms with Gasteiger partial charge in [-0.2, -0.15) is 0 Å². The number of hydrogen-bond acceptors (Lipinski definition) is 7. The lowest BCUT2D eigenvalue weighted by molar-refractivity contribution is -0.139. The van der Waals surface area contributed by atoms with Gasteiger partial charge in [0.15, 0.2) is 11.5 Å². The Balaban J connectivity index is 2.29. The van der Waals surface area contributed by atoms with Crippen LogP contribution in [-0.2, 0) is 22.6 Å². The monoisotopic (exact) mass is 390 g/mol. The Morgan fingerprint density at radius 3 is 1.82 bits per heavy atom. The number of esters is 1. The van der Waals surface area contributed by atoms with E-state index in [2.05, 4.69) is 4.74 Å². The van der Waals surface area contributed by atoms with Crippen LogP contribution >= 0.6 is 0 Å². The van der Waals surface area contributed by atoms with Gasteiger partial charge in [-0.15, -0.1) is 0 Å². The van der Waals surface area contributed by atoms with E-state index in [0.717, 1.165) is 16.7 Å². The summed E-state index contributed by atoms with van der Waals surface area (Å²) in [5, 5.41) is 0. The molecule has 0 radical (unpaired) electrons. The first kappa shape index (κ1) is 21.2. The van der Waals surface area contributed by atoms with E-state index in [9.17, 15) is 4.79 Å². The molecule has 152 valence electrons. The summed E-state index contributed by atoms with van der Waals surface area (Å²) in [6, 6.07) is 7.26. The summed E-state index contributed by atoms with van der Waals surface area (Å²) in [6.45, 7) is 2.14. The average molecular weight is 390 g/mol. The van der Waals surface area contributed by atoms with Crippen molar-refractivity contribution in [2.75, 3.05) is 35.5 Å². The molecule has 0 aliphatic rings. The normalized spacial score (nSPS) is 10.2. The molecule has 0 saturated heterocycles. The lowest BCUT2D eigenvalue weighted by atomic mass is 10.0. The first-order valence-electron chi connectivity index (χ1n) is 8.64. The number of carbonyl (C=O) groups is 1. The molecule has 7 nitrogen and oxygen atoms in total. The second-order valence-electron chi connectivity index (χ2n) is 5.92. The third kappa shape index (κ3) is 4.42. The summed E-state index contributed by atoms with van der Waals surface area (Å²) in [5.41, 5.74) is 2.47. The summed E-state index contributed by atoms with van der Waals surface area (Å²) in [4.78, 5) is 11.4. The van der Waals surface area contributed by atoms with Gasteiger partial charge < -0.3 is 28.4 Å². The van der Waals surface area contributed by atoms with E-state index >= 15 is 0 Å². The molecular formula is C21H26O7. The zero-order chi connectivity index (χ0) is 20.7. The molecule has 2 aromatic rings. The van der Waals surface area contributed by atoms with Crippen LogP contribution < -0.4 is 23.7 Å². The molecule has 0 fully saturated rings. The zero-order valence-electron chi connectivity index (χ0n) is 17.1. The van der Waals surface area contributed by atoms with Crippen LogP contribution in [-0.4, -0.2) is 41.5 Å². The summed E-state index contributed by atoms with van der Waals surface area (Å²) < 4.78 is 32.6. The van der Waals surface area contributed by atoms with Crippen LogP contribution in [0.5, 0.6) is 28.7 Å². The van der Waals surface area contributed by atoms with Gasteiger partial charge in [0.1, 0.15) is 12.4 Å². The predicted molar refractivity (Wildman–Crippen MR) is 104 cm³/mol. The van der Waals surface area contributed by atoms with Crippen molar-refractivity contribution >= 4 is 5.97 Å². The molecule has 0 saturated carbocycles. The second-order valence-corrected chi connectivity index (χ2v) is 5.92. The molecule has 0 aliphatic carbocycles. The Morgan fingerprint density at radius 2 is 1.32 bits per heavy atom. The first-order chi connectivity index (χ1) is 13.5. The fourth-order valence-corrected chi connectivity index (χ4v) is 2.93. The van der Waals surface area contributed by atoms with Gasteiger partial charge in [-0.3, -0.25) is 4.79 Å². The zero-order valence-corrected chi connectivity index (χ0v) is 17.1. The molecule has 2 rings (SSSR count). The third-order valence-corrected chi connectivity index (χ3v) is 4.39. The Bertz CT molecular complexity index is 813. The number of hydrogen-bond donors (Lipinski definition) is 0. The molecular weight excluding hydrogens is 364 g/mol. The van der Waals surface area contributed by atoms with Crippen LogP contribution in [0.25, 0.3) is 0 Å². The molecule has 0 aliphatic heterocycles. The minimum absolute atomic E-state index is 0.219. The summed E-state index contributed by atoms with van der Waals surface area (Å²) in [7, 11) is 7.59. The summed E-state index contributed by atoms with van der Waals surface area (Å²) in [6.07, 6.45) is 0.219. The van der Waals surface area contributed by atoms with E-state index in [1.807, 2.05) is 19.1 Å². The maximum absolute atomic E-state index is 11.4. The maximum Gasteiger partial charge on any atom is 0.309 e. The van der Waals surface area contributed by atoms with Gasteiger partial charge in [-0.25, -0.2) is 0 Å². The lowest BCUT2D eigenvalue weighted by Gasteiger charge is -2.21. The van der Waals surface area contributed by atoms with Crippen molar-refractivity contribution in [2.45, 2.75) is 20.0 Å².